The summed E-state index contributed by atoms with van der Waals surface area (Å²) >= 11 is 3.23. The van der Waals surface area contributed by atoms with Crippen LogP contribution in [0.4, 0.5) is 0 Å². The van der Waals surface area contributed by atoms with E-state index in [9.17, 15) is 10.2 Å². The molecule has 14 heavy (non-hydrogen) atoms. The van der Waals surface area contributed by atoms with Crippen LogP contribution in [-0.4, -0.2) is 21.6 Å². The molecule has 3 heteroatoms. The third kappa shape index (κ3) is 3.08. The molecule has 0 heterocycles. The van der Waals surface area contributed by atoms with Crippen LogP contribution in [0.1, 0.15) is 23.7 Å². The number of aliphatic hydroxyl groups excluding tert-OH is 2. The lowest BCUT2D eigenvalue weighted by Crippen LogP contribution is -2.18. The molecule has 1 aromatic carbocycles. The van der Waals surface area contributed by atoms with Gasteiger partial charge >= 0.3 is 0 Å². The number of aryl methyl sites for hydroxylation is 1. The highest BCUT2D eigenvalue weighted by Gasteiger charge is 2.16. The van der Waals surface area contributed by atoms with Gasteiger partial charge in [0.15, 0.2) is 0 Å². The number of hydrogen-bond acceptors (Lipinski definition) is 2. The highest BCUT2D eigenvalue weighted by molar-refractivity contribution is 9.09. The van der Waals surface area contributed by atoms with Gasteiger partial charge in [0.05, 0.1) is 6.10 Å². The van der Waals surface area contributed by atoms with Gasteiger partial charge in [-0.05, 0) is 18.9 Å². The largest absolute Gasteiger partial charge is 0.390 e. The van der Waals surface area contributed by atoms with E-state index >= 15 is 0 Å². The molecule has 2 atom stereocenters. The van der Waals surface area contributed by atoms with Crippen molar-refractivity contribution in [3.8, 4) is 0 Å². The fraction of sp³-hybridized carbons (Fsp3) is 0.455. The average Bonchev–Trinajstić information content (AvgIpc) is 2.18. The van der Waals surface area contributed by atoms with Gasteiger partial charge in [0.2, 0.25) is 0 Å². The Balaban J connectivity index is 2.68. The van der Waals surface area contributed by atoms with E-state index in [2.05, 4.69) is 15.9 Å². The zero-order chi connectivity index (χ0) is 10.6. The van der Waals surface area contributed by atoms with E-state index in [1.165, 1.54) is 0 Å². The first-order chi connectivity index (χ1) is 6.65. The third-order valence-corrected chi connectivity index (χ3v) is 2.65. The molecular formula is C11H15BrO2. The van der Waals surface area contributed by atoms with Gasteiger partial charge in [-0.25, -0.2) is 0 Å². The summed E-state index contributed by atoms with van der Waals surface area (Å²) in [5.74, 6) is 0. The predicted molar refractivity (Wildman–Crippen MR) is 60.6 cm³/mol. The van der Waals surface area contributed by atoms with Crippen LogP contribution >= 0.6 is 15.9 Å². The van der Waals surface area contributed by atoms with Crippen molar-refractivity contribution in [1.82, 2.24) is 0 Å². The Labute approximate surface area is 92.7 Å². The molecule has 78 valence electrons. The van der Waals surface area contributed by atoms with Crippen LogP contribution in [0.25, 0.3) is 0 Å². The molecule has 2 unspecified atom stereocenters. The molecule has 2 nitrogen and oxygen atoms in total. The molecule has 0 saturated heterocycles. The predicted octanol–water partition coefficient (Wildman–Crippen LogP) is 2.17. The zero-order valence-corrected chi connectivity index (χ0v) is 9.74. The standard InChI is InChI=1S/C11H15BrO2/c1-8-2-4-9(5-3-8)11(14)10(13)6-7-12/h2-5,10-11,13-14H,6-7H2,1H3. The quantitative estimate of drug-likeness (QED) is 0.813. The van der Waals surface area contributed by atoms with E-state index in [1.807, 2.05) is 31.2 Å². The summed E-state index contributed by atoms with van der Waals surface area (Å²) in [6.07, 6.45) is -0.931. The third-order valence-electron chi connectivity index (χ3n) is 2.19. The monoisotopic (exact) mass is 258 g/mol. The SMILES string of the molecule is Cc1ccc(C(O)C(O)CCBr)cc1. The van der Waals surface area contributed by atoms with Gasteiger partial charge in [-0.2, -0.15) is 0 Å². The molecule has 0 aliphatic carbocycles. The van der Waals surface area contributed by atoms with Gasteiger partial charge in [-0.1, -0.05) is 45.8 Å². The van der Waals surface area contributed by atoms with Crippen LogP contribution in [0.5, 0.6) is 0 Å². The summed E-state index contributed by atoms with van der Waals surface area (Å²) in [6, 6.07) is 7.55. The first kappa shape index (κ1) is 11.7. The van der Waals surface area contributed by atoms with Crippen molar-refractivity contribution in [2.24, 2.45) is 0 Å². The highest BCUT2D eigenvalue weighted by Crippen LogP contribution is 2.19. The van der Waals surface area contributed by atoms with E-state index < -0.39 is 12.2 Å². The summed E-state index contributed by atoms with van der Waals surface area (Å²) < 4.78 is 0. The van der Waals surface area contributed by atoms with Crippen molar-refractivity contribution < 1.29 is 10.2 Å². The van der Waals surface area contributed by atoms with Crippen molar-refractivity contribution in [2.75, 3.05) is 5.33 Å². The number of aliphatic hydroxyl groups is 2. The number of hydrogen-bond donors (Lipinski definition) is 2. The van der Waals surface area contributed by atoms with Crippen molar-refractivity contribution in [2.45, 2.75) is 25.6 Å². The Morgan fingerprint density at radius 2 is 1.79 bits per heavy atom. The maximum Gasteiger partial charge on any atom is 0.105 e. The van der Waals surface area contributed by atoms with Crippen LogP contribution in [0, 0.1) is 6.92 Å². The summed E-state index contributed by atoms with van der Waals surface area (Å²) in [7, 11) is 0. The number of alkyl halides is 1. The van der Waals surface area contributed by atoms with Crippen molar-refractivity contribution in [3.63, 3.8) is 0 Å². The molecule has 0 aromatic heterocycles. The molecule has 0 bridgehead atoms. The molecule has 0 fully saturated rings. The van der Waals surface area contributed by atoms with Crippen LogP contribution < -0.4 is 0 Å². The molecule has 2 N–H and O–H groups in total. The van der Waals surface area contributed by atoms with Crippen molar-refractivity contribution >= 4 is 15.9 Å². The summed E-state index contributed by atoms with van der Waals surface area (Å²) in [5.41, 5.74) is 1.92. The molecule has 0 radical (unpaired) electrons. The topological polar surface area (TPSA) is 40.5 Å². The van der Waals surface area contributed by atoms with Gasteiger partial charge in [0.25, 0.3) is 0 Å². The minimum absolute atomic E-state index is 0.551. The lowest BCUT2D eigenvalue weighted by Gasteiger charge is -2.17. The Bertz CT molecular complexity index is 271. The van der Waals surface area contributed by atoms with E-state index in [0.29, 0.717) is 11.8 Å². The smallest absolute Gasteiger partial charge is 0.105 e. The Kier molecular flexibility index (Phi) is 4.58. The Morgan fingerprint density at radius 1 is 1.21 bits per heavy atom. The van der Waals surface area contributed by atoms with Gasteiger partial charge < -0.3 is 10.2 Å². The van der Waals surface area contributed by atoms with Gasteiger partial charge in [0.1, 0.15) is 6.10 Å². The van der Waals surface area contributed by atoms with Gasteiger partial charge in [0, 0.05) is 5.33 Å². The van der Waals surface area contributed by atoms with E-state index in [1.54, 1.807) is 0 Å². The summed E-state index contributed by atoms with van der Waals surface area (Å²) in [4.78, 5) is 0. The van der Waals surface area contributed by atoms with E-state index in [-0.39, 0.29) is 0 Å². The maximum atomic E-state index is 9.74. The zero-order valence-electron chi connectivity index (χ0n) is 8.15. The summed E-state index contributed by atoms with van der Waals surface area (Å²) in [5, 5.41) is 20.0. The molecule has 1 rings (SSSR count). The first-order valence-electron chi connectivity index (χ1n) is 4.64. The second-order valence-corrected chi connectivity index (χ2v) is 4.19. The molecule has 0 saturated carbocycles. The summed E-state index contributed by atoms with van der Waals surface area (Å²) in [6.45, 7) is 1.99. The van der Waals surface area contributed by atoms with Crippen LogP contribution in [0.2, 0.25) is 0 Å². The van der Waals surface area contributed by atoms with Crippen LogP contribution in [-0.2, 0) is 0 Å². The lowest BCUT2D eigenvalue weighted by molar-refractivity contribution is 0.0173. The van der Waals surface area contributed by atoms with E-state index in [4.69, 9.17) is 0 Å². The molecule has 0 amide bonds. The maximum absolute atomic E-state index is 9.74. The minimum atomic E-state index is -0.784. The average molecular weight is 259 g/mol. The highest BCUT2D eigenvalue weighted by atomic mass is 79.9. The Morgan fingerprint density at radius 3 is 2.29 bits per heavy atom. The molecule has 0 aliphatic heterocycles. The molecule has 1 aromatic rings. The molecule has 0 aliphatic rings. The minimum Gasteiger partial charge on any atom is -0.390 e. The first-order valence-corrected chi connectivity index (χ1v) is 5.76. The fourth-order valence-corrected chi connectivity index (χ4v) is 1.72. The van der Waals surface area contributed by atoms with Crippen LogP contribution in [0.3, 0.4) is 0 Å². The number of benzene rings is 1. The lowest BCUT2D eigenvalue weighted by atomic mass is 10.0. The molecular weight excluding hydrogens is 244 g/mol. The fourth-order valence-electron chi connectivity index (χ4n) is 1.26. The second-order valence-electron chi connectivity index (χ2n) is 3.40. The van der Waals surface area contributed by atoms with Gasteiger partial charge in [-0.15, -0.1) is 0 Å². The number of rotatable bonds is 4. The number of halogens is 1. The Hall–Kier alpha value is -0.380. The second kappa shape index (κ2) is 5.49. The van der Waals surface area contributed by atoms with Crippen molar-refractivity contribution in [1.29, 1.82) is 0 Å². The van der Waals surface area contributed by atoms with E-state index in [0.717, 1.165) is 11.1 Å². The van der Waals surface area contributed by atoms with Crippen molar-refractivity contribution in [3.05, 3.63) is 35.4 Å². The van der Waals surface area contributed by atoms with Gasteiger partial charge in [-0.3, -0.25) is 0 Å². The van der Waals surface area contributed by atoms with Crippen LogP contribution in [0.15, 0.2) is 24.3 Å². The normalized spacial score (nSPS) is 15.1. The molecule has 0 spiro atoms.